The van der Waals surface area contributed by atoms with Gasteiger partial charge in [-0.3, -0.25) is 0 Å². The zero-order valence-electron chi connectivity index (χ0n) is 15.8. The zero-order chi connectivity index (χ0) is 17.8. The van der Waals surface area contributed by atoms with E-state index in [-0.39, 0.29) is 0 Å². The average molecular weight is 367 g/mol. The van der Waals surface area contributed by atoms with Crippen LogP contribution in [0.5, 0.6) is 0 Å². The summed E-state index contributed by atoms with van der Waals surface area (Å²) in [6, 6.07) is 0. The Morgan fingerprint density at radius 3 is 1.30 bits per heavy atom. The molecule has 0 heterocycles. The molecule has 0 N–H and O–H groups in total. The first kappa shape index (κ1) is 23.1. The summed E-state index contributed by atoms with van der Waals surface area (Å²) in [6.45, 7) is 9.43. The summed E-state index contributed by atoms with van der Waals surface area (Å²) in [7, 11) is -3.64. The van der Waals surface area contributed by atoms with Gasteiger partial charge in [0.05, 0.1) is 0 Å². The Labute approximate surface area is 145 Å². The van der Waals surface area contributed by atoms with Crippen LogP contribution in [0.25, 0.3) is 0 Å². The minimum atomic E-state index is -3.64. The summed E-state index contributed by atoms with van der Waals surface area (Å²) in [5.41, 5.74) is 0. The van der Waals surface area contributed by atoms with Gasteiger partial charge >= 0.3 is 145 Å². The first-order valence-corrected chi connectivity index (χ1v) is 13.8. The Bertz CT molecular complexity index is 388. The molecule has 0 spiro atoms. The summed E-state index contributed by atoms with van der Waals surface area (Å²) in [5.74, 6) is 0. The predicted octanol–water partition coefficient (Wildman–Crippen LogP) is 6.15. The molecule has 0 aliphatic heterocycles. The number of hydrogen-bond acceptors (Lipinski definition) is 3. The van der Waals surface area contributed by atoms with Gasteiger partial charge in [0.2, 0.25) is 0 Å². The predicted molar refractivity (Wildman–Crippen MR) is 106 cm³/mol. The van der Waals surface area contributed by atoms with Crippen LogP contribution in [0, 0.1) is 0 Å². The molecule has 0 unspecified atom stereocenters. The summed E-state index contributed by atoms with van der Waals surface area (Å²) in [4.78, 5) is 0. The zero-order valence-corrected chi connectivity index (χ0v) is 17.6. The Balaban J connectivity index is 5.92. The Morgan fingerprint density at radius 1 is 0.783 bits per heavy atom. The van der Waals surface area contributed by atoms with E-state index in [0.717, 1.165) is 81.4 Å². The van der Waals surface area contributed by atoms with Crippen LogP contribution in [0.3, 0.4) is 0 Å². The van der Waals surface area contributed by atoms with Crippen molar-refractivity contribution < 1.29 is 12.4 Å². The molecule has 0 atom stereocenters. The molecule has 0 fully saturated rings. The molecule has 0 radical (unpaired) electrons. The molecular formula is C18H39O3PS. The molecule has 0 rings (SSSR count). The van der Waals surface area contributed by atoms with Gasteiger partial charge < -0.3 is 0 Å². The van der Waals surface area contributed by atoms with E-state index in [2.05, 4.69) is 34.3 Å². The fraction of sp³-hybridized carbons (Fsp3) is 0.889. The quantitative estimate of drug-likeness (QED) is 0.327. The Hall–Kier alpha value is 0.0800. The number of hydrogen-bond donors (Lipinski definition) is 0. The first-order chi connectivity index (χ1) is 10.8. The van der Waals surface area contributed by atoms with Gasteiger partial charge in [-0.25, -0.2) is 0 Å². The Morgan fingerprint density at radius 2 is 1.09 bits per heavy atom. The number of rotatable bonds is 15. The van der Waals surface area contributed by atoms with Gasteiger partial charge in [0.1, 0.15) is 0 Å². The van der Waals surface area contributed by atoms with E-state index < -0.39 is 16.9 Å². The van der Waals surface area contributed by atoms with E-state index >= 15 is 0 Å². The van der Waals surface area contributed by atoms with Crippen LogP contribution in [0.1, 0.15) is 79.1 Å². The molecule has 0 aliphatic carbocycles. The van der Waals surface area contributed by atoms with Crippen LogP contribution in [0.2, 0.25) is 0 Å². The second kappa shape index (κ2) is 10.8. The van der Waals surface area contributed by atoms with E-state index in [1.54, 1.807) is 0 Å². The van der Waals surface area contributed by atoms with Crippen LogP contribution in [-0.4, -0.2) is 33.1 Å². The van der Waals surface area contributed by atoms with E-state index in [4.69, 9.17) is 3.97 Å². The first-order valence-electron chi connectivity index (χ1n) is 9.42. The van der Waals surface area contributed by atoms with Gasteiger partial charge in [0.25, 0.3) is 0 Å². The van der Waals surface area contributed by atoms with Crippen molar-refractivity contribution in [2.75, 3.05) is 24.6 Å². The molecule has 0 saturated heterocycles. The van der Waals surface area contributed by atoms with E-state index in [1.165, 1.54) is 0 Å². The van der Waals surface area contributed by atoms with E-state index in [9.17, 15) is 8.42 Å². The minimum absolute atomic E-state index is 0.954. The van der Waals surface area contributed by atoms with Gasteiger partial charge in [-0.05, 0) is 0 Å². The molecule has 0 aromatic heterocycles. The van der Waals surface area contributed by atoms with Gasteiger partial charge in [-0.1, -0.05) is 0 Å². The van der Waals surface area contributed by atoms with Gasteiger partial charge in [0.15, 0.2) is 0 Å². The van der Waals surface area contributed by atoms with Crippen molar-refractivity contribution in [3.8, 4) is 0 Å². The van der Waals surface area contributed by atoms with Crippen LogP contribution in [0.15, 0.2) is 12.0 Å². The van der Waals surface area contributed by atoms with Crippen molar-refractivity contribution in [1.29, 1.82) is 0 Å². The van der Waals surface area contributed by atoms with Crippen LogP contribution < -0.4 is 0 Å². The third-order valence-corrected chi connectivity index (χ3v) is 13.5. The standard InChI is InChI=1S/C18H39O3PS/c1-6-11-15-22(16-12-7-2,17-13-8-3,18-14-9-4)21-23(19,20)10-5/h10H,5-9,11-18H2,1-4H3. The second-order valence-electron chi connectivity index (χ2n) is 6.90. The molecule has 5 heteroatoms. The average Bonchev–Trinajstić information content (AvgIpc) is 2.55. The summed E-state index contributed by atoms with van der Waals surface area (Å²) < 4.78 is 30.9. The van der Waals surface area contributed by atoms with Gasteiger partial charge in [0, 0.05) is 0 Å². The van der Waals surface area contributed by atoms with E-state index in [1.807, 2.05) is 0 Å². The van der Waals surface area contributed by atoms with Crippen molar-refractivity contribution in [2.24, 2.45) is 0 Å². The maximum absolute atomic E-state index is 12.4. The monoisotopic (exact) mass is 366 g/mol. The van der Waals surface area contributed by atoms with Crippen LogP contribution >= 0.6 is 6.83 Å². The molecule has 0 saturated carbocycles. The van der Waals surface area contributed by atoms with Crippen molar-refractivity contribution in [2.45, 2.75) is 79.1 Å². The van der Waals surface area contributed by atoms with Gasteiger partial charge in [-0.15, -0.1) is 0 Å². The molecular weight excluding hydrogens is 327 g/mol. The van der Waals surface area contributed by atoms with E-state index in [0.29, 0.717) is 0 Å². The molecule has 0 aliphatic rings. The maximum atomic E-state index is 12.4. The Kier molecular flexibility index (Phi) is 10.9. The summed E-state index contributed by atoms with van der Waals surface area (Å²) in [5, 5.41) is 1.00. The van der Waals surface area contributed by atoms with Gasteiger partial charge in [-0.2, -0.15) is 0 Å². The summed E-state index contributed by atoms with van der Waals surface area (Å²) in [6.07, 6.45) is 12.4. The SMILES string of the molecule is C=CS(=O)(=O)OP(CCCC)(CCCC)(CCCC)CCCC. The molecule has 140 valence electrons. The topological polar surface area (TPSA) is 43.4 Å². The fourth-order valence-corrected chi connectivity index (χ4v) is 13.0. The normalized spacial score (nSPS) is 14.3. The second-order valence-corrected chi connectivity index (χ2v) is 14.3. The molecule has 0 aromatic carbocycles. The van der Waals surface area contributed by atoms with Crippen molar-refractivity contribution in [3.63, 3.8) is 0 Å². The van der Waals surface area contributed by atoms with Crippen molar-refractivity contribution in [3.05, 3.63) is 12.0 Å². The molecule has 23 heavy (non-hydrogen) atoms. The fourth-order valence-electron chi connectivity index (χ4n) is 3.38. The van der Waals surface area contributed by atoms with Crippen LogP contribution in [0.4, 0.5) is 0 Å². The third kappa shape index (κ3) is 7.67. The molecule has 3 nitrogen and oxygen atoms in total. The van der Waals surface area contributed by atoms with Crippen molar-refractivity contribution in [1.82, 2.24) is 0 Å². The molecule has 0 bridgehead atoms. The molecule has 0 aromatic rings. The number of unbranched alkanes of at least 4 members (excludes halogenated alkanes) is 4. The van der Waals surface area contributed by atoms with Crippen LogP contribution in [-0.2, 0) is 14.1 Å². The third-order valence-electron chi connectivity index (χ3n) is 4.83. The van der Waals surface area contributed by atoms with Crippen molar-refractivity contribution >= 4 is 16.9 Å². The summed E-state index contributed by atoms with van der Waals surface area (Å²) >= 11 is 0. The molecule has 0 amide bonds.